The number of aliphatic hydroxyl groups is 1. The quantitative estimate of drug-likeness (QED) is 0.219. The summed E-state index contributed by atoms with van der Waals surface area (Å²) in [5, 5.41) is 8.67. The smallest absolute Gasteiger partial charge is 0.0829 e. The third kappa shape index (κ3) is 35.2. The fourth-order valence-corrected chi connectivity index (χ4v) is 2.73. The van der Waals surface area contributed by atoms with Crippen molar-refractivity contribution in [3.05, 3.63) is 25.7 Å². The lowest BCUT2D eigenvalue weighted by Crippen LogP contribution is -1.85. The van der Waals surface area contributed by atoms with Crippen molar-refractivity contribution in [3.8, 4) is 0 Å². The third-order valence-electron chi connectivity index (χ3n) is 4.20. The molecule has 0 aliphatic carbocycles. The standard InChI is InChI=1S/C18H38O.C4H6O.H2O/c1-2-3-4-5-6-7-8-9-10-11-12-13-14-15-16-17-18-19;1-3-5-4-2;/h19H,2-18H2,1H3;3-4H,1-2H2;1H2. The topological polar surface area (TPSA) is 61.0 Å². The molecule has 0 aromatic carbocycles. The average molecular weight is 359 g/mol. The van der Waals surface area contributed by atoms with Crippen LogP contribution >= 0.6 is 0 Å². The lowest BCUT2D eigenvalue weighted by molar-refractivity contribution is 0.282. The summed E-state index contributed by atoms with van der Waals surface area (Å²) >= 11 is 0. The van der Waals surface area contributed by atoms with E-state index in [2.05, 4.69) is 24.8 Å². The molecular weight excluding hydrogens is 312 g/mol. The highest BCUT2D eigenvalue weighted by Crippen LogP contribution is 2.13. The molecule has 0 spiro atoms. The van der Waals surface area contributed by atoms with Crippen LogP contribution < -0.4 is 0 Å². The molecule has 0 bridgehead atoms. The largest absolute Gasteiger partial charge is 0.474 e. The van der Waals surface area contributed by atoms with E-state index in [-0.39, 0.29) is 5.48 Å². The maximum Gasteiger partial charge on any atom is 0.0829 e. The summed E-state index contributed by atoms with van der Waals surface area (Å²) in [7, 11) is 0. The van der Waals surface area contributed by atoms with Gasteiger partial charge in [0, 0.05) is 6.61 Å². The number of aliphatic hydroxyl groups excluding tert-OH is 1. The number of hydrogen-bond acceptors (Lipinski definition) is 2. The van der Waals surface area contributed by atoms with E-state index in [0.29, 0.717) is 6.61 Å². The summed E-state index contributed by atoms with van der Waals surface area (Å²) in [4.78, 5) is 0. The van der Waals surface area contributed by atoms with Gasteiger partial charge in [-0.2, -0.15) is 0 Å². The molecule has 0 aliphatic heterocycles. The lowest BCUT2D eigenvalue weighted by Gasteiger charge is -2.03. The van der Waals surface area contributed by atoms with Gasteiger partial charge in [0.1, 0.15) is 0 Å². The zero-order valence-corrected chi connectivity index (χ0v) is 16.9. The van der Waals surface area contributed by atoms with E-state index < -0.39 is 0 Å². The first kappa shape index (κ1) is 29.0. The Bertz CT molecular complexity index is 207. The van der Waals surface area contributed by atoms with Crippen LogP contribution in [0.4, 0.5) is 0 Å². The first-order valence-electron chi connectivity index (χ1n) is 10.3. The van der Waals surface area contributed by atoms with Gasteiger partial charge in [-0.15, -0.1) is 0 Å². The highest BCUT2D eigenvalue weighted by Gasteiger charge is 1.94. The van der Waals surface area contributed by atoms with Gasteiger partial charge in [0.05, 0.1) is 12.5 Å². The Labute approximate surface area is 157 Å². The molecule has 3 heteroatoms. The number of rotatable bonds is 18. The van der Waals surface area contributed by atoms with Crippen LogP contribution in [-0.2, 0) is 4.74 Å². The van der Waals surface area contributed by atoms with E-state index in [9.17, 15) is 0 Å². The molecule has 0 radical (unpaired) electrons. The Morgan fingerprint density at radius 1 is 0.600 bits per heavy atom. The monoisotopic (exact) mass is 358 g/mol. The zero-order chi connectivity index (χ0) is 18.1. The van der Waals surface area contributed by atoms with E-state index in [1.165, 1.54) is 109 Å². The first-order chi connectivity index (χ1) is 11.8. The molecule has 0 aromatic rings. The Morgan fingerprint density at radius 3 is 1.08 bits per heavy atom. The van der Waals surface area contributed by atoms with Crippen molar-refractivity contribution in [1.29, 1.82) is 0 Å². The first-order valence-corrected chi connectivity index (χ1v) is 10.3. The Kier molecular flexibility index (Phi) is 36.0. The molecule has 0 aromatic heterocycles. The summed E-state index contributed by atoms with van der Waals surface area (Å²) in [6.07, 6.45) is 24.8. The van der Waals surface area contributed by atoms with Crippen LogP contribution in [0.2, 0.25) is 0 Å². The van der Waals surface area contributed by atoms with Crippen LogP contribution in [-0.4, -0.2) is 17.2 Å². The van der Waals surface area contributed by atoms with Gasteiger partial charge in [0.15, 0.2) is 0 Å². The summed E-state index contributed by atoms with van der Waals surface area (Å²) in [5.41, 5.74) is 0. The van der Waals surface area contributed by atoms with Crippen LogP contribution in [0.15, 0.2) is 25.7 Å². The van der Waals surface area contributed by atoms with Crippen molar-refractivity contribution in [2.24, 2.45) is 0 Å². The van der Waals surface area contributed by atoms with Gasteiger partial charge >= 0.3 is 0 Å². The fraction of sp³-hybridized carbons (Fsp3) is 0.818. The number of hydrogen-bond donors (Lipinski definition) is 1. The minimum Gasteiger partial charge on any atom is -0.474 e. The summed E-state index contributed by atoms with van der Waals surface area (Å²) in [6, 6.07) is 0. The molecule has 0 amide bonds. The average Bonchev–Trinajstić information content (AvgIpc) is 2.60. The second-order valence-electron chi connectivity index (χ2n) is 6.50. The normalized spacial score (nSPS) is 9.52. The second-order valence-corrected chi connectivity index (χ2v) is 6.50. The van der Waals surface area contributed by atoms with E-state index >= 15 is 0 Å². The predicted molar refractivity (Wildman–Crippen MR) is 112 cm³/mol. The molecule has 0 fully saturated rings. The van der Waals surface area contributed by atoms with Crippen LogP contribution in [0.3, 0.4) is 0 Å². The maximum absolute atomic E-state index is 8.67. The summed E-state index contributed by atoms with van der Waals surface area (Å²) < 4.78 is 4.36. The van der Waals surface area contributed by atoms with Crippen molar-refractivity contribution in [2.75, 3.05) is 6.61 Å². The molecule has 0 saturated carbocycles. The molecule has 0 atom stereocenters. The Hall–Kier alpha value is -0.800. The van der Waals surface area contributed by atoms with E-state index in [1.54, 1.807) is 0 Å². The van der Waals surface area contributed by atoms with Crippen LogP contribution in [0, 0.1) is 0 Å². The second kappa shape index (κ2) is 31.0. The Morgan fingerprint density at radius 2 is 0.880 bits per heavy atom. The lowest BCUT2D eigenvalue weighted by atomic mass is 10.0. The van der Waals surface area contributed by atoms with Gasteiger partial charge in [-0.25, -0.2) is 0 Å². The van der Waals surface area contributed by atoms with Crippen molar-refractivity contribution in [3.63, 3.8) is 0 Å². The highest BCUT2D eigenvalue weighted by molar-refractivity contribution is 4.57. The van der Waals surface area contributed by atoms with Crippen LogP contribution in [0.1, 0.15) is 110 Å². The third-order valence-corrected chi connectivity index (χ3v) is 4.20. The molecule has 3 N–H and O–H groups in total. The number of unbranched alkanes of at least 4 members (excludes halogenated alkanes) is 15. The fourth-order valence-electron chi connectivity index (χ4n) is 2.73. The molecular formula is C22H46O3. The number of ether oxygens (including phenoxy) is 1. The summed E-state index contributed by atoms with van der Waals surface area (Å²) in [5.74, 6) is 0. The van der Waals surface area contributed by atoms with Gasteiger partial charge in [0.25, 0.3) is 0 Å². The van der Waals surface area contributed by atoms with E-state index in [4.69, 9.17) is 5.11 Å². The van der Waals surface area contributed by atoms with Crippen molar-refractivity contribution >= 4 is 0 Å². The Balaban J connectivity index is -0.000000704. The van der Waals surface area contributed by atoms with Gasteiger partial charge in [-0.3, -0.25) is 0 Å². The van der Waals surface area contributed by atoms with Gasteiger partial charge < -0.3 is 15.3 Å². The van der Waals surface area contributed by atoms with Crippen molar-refractivity contribution < 1.29 is 15.3 Å². The van der Waals surface area contributed by atoms with E-state index in [0.717, 1.165) is 6.42 Å². The molecule has 0 rings (SSSR count). The molecule has 0 heterocycles. The molecule has 152 valence electrons. The van der Waals surface area contributed by atoms with Gasteiger partial charge in [-0.05, 0) is 6.42 Å². The maximum atomic E-state index is 8.67. The predicted octanol–water partition coefficient (Wildman–Crippen LogP) is 6.71. The molecule has 3 nitrogen and oxygen atoms in total. The molecule has 0 aliphatic rings. The minimum atomic E-state index is 0. The van der Waals surface area contributed by atoms with Crippen molar-refractivity contribution in [2.45, 2.75) is 110 Å². The van der Waals surface area contributed by atoms with Crippen molar-refractivity contribution in [1.82, 2.24) is 0 Å². The highest BCUT2D eigenvalue weighted by atomic mass is 16.5. The molecule has 0 saturated heterocycles. The zero-order valence-electron chi connectivity index (χ0n) is 16.9. The van der Waals surface area contributed by atoms with Crippen LogP contribution in [0.5, 0.6) is 0 Å². The van der Waals surface area contributed by atoms with Gasteiger partial charge in [0.2, 0.25) is 0 Å². The molecule has 0 unspecified atom stereocenters. The minimum absolute atomic E-state index is 0. The summed E-state index contributed by atoms with van der Waals surface area (Å²) in [6.45, 7) is 9.17. The van der Waals surface area contributed by atoms with E-state index in [1.807, 2.05) is 0 Å². The van der Waals surface area contributed by atoms with Gasteiger partial charge in [-0.1, -0.05) is 116 Å². The SMILES string of the molecule is C=COC=C.CCCCCCCCCCCCCCCCCCO.O. The van der Waals surface area contributed by atoms with Crippen LogP contribution in [0.25, 0.3) is 0 Å². The molecule has 25 heavy (non-hydrogen) atoms.